The number of hydrogen-bond donors (Lipinski definition) is 0. The van der Waals surface area contributed by atoms with Crippen molar-refractivity contribution < 1.29 is 0 Å². The fraction of sp³-hybridized carbons (Fsp3) is 0.312. The third-order valence-corrected chi connectivity index (χ3v) is 4.99. The van der Waals surface area contributed by atoms with Crippen molar-refractivity contribution in [2.45, 2.75) is 32.2 Å². The molecule has 0 N–H and O–H groups in total. The molecule has 1 atom stereocenters. The van der Waals surface area contributed by atoms with E-state index >= 15 is 0 Å². The zero-order chi connectivity index (χ0) is 15.0. The SMILES string of the molecule is CCc1ccsc1Cn1c(C(C)Cl)nc2ccc(Cl)cc21. The average molecular weight is 339 g/mol. The molecule has 0 spiro atoms. The highest BCUT2D eigenvalue weighted by molar-refractivity contribution is 7.10. The minimum Gasteiger partial charge on any atom is -0.321 e. The van der Waals surface area contributed by atoms with Gasteiger partial charge in [-0.3, -0.25) is 0 Å². The normalized spacial score (nSPS) is 13.0. The molecule has 0 radical (unpaired) electrons. The zero-order valence-electron chi connectivity index (χ0n) is 11.9. The maximum atomic E-state index is 6.32. The molecule has 0 saturated carbocycles. The van der Waals surface area contributed by atoms with Crippen molar-refractivity contribution in [3.63, 3.8) is 0 Å². The van der Waals surface area contributed by atoms with Crippen molar-refractivity contribution >= 4 is 45.6 Å². The van der Waals surface area contributed by atoms with Gasteiger partial charge in [-0.15, -0.1) is 22.9 Å². The number of thiophene rings is 1. The molecule has 21 heavy (non-hydrogen) atoms. The van der Waals surface area contributed by atoms with Crippen molar-refractivity contribution in [1.29, 1.82) is 0 Å². The van der Waals surface area contributed by atoms with Crippen molar-refractivity contribution in [2.24, 2.45) is 0 Å². The number of rotatable bonds is 4. The van der Waals surface area contributed by atoms with E-state index in [1.165, 1.54) is 10.4 Å². The van der Waals surface area contributed by atoms with Crippen molar-refractivity contribution in [2.75, 3.05) is 0 Å². The van der Waals surface area contributed by atoms with Crippen LogP contribution < -0.4 is 0 Å². The number of halogens is 2. The molecule has 0 bridgehead atoms. The Hall–Kier alpha value is -1.03. The Morgan fingerprint density at radius 1 is 1.33 bits per heavy atom. The zero-order valence-corrected chi connectivity index (χ0v) is 14.3. The number of nitrogens with zero attached hydrogens (tertiary/aromatic N) is 2. The third kappa shape index (κ3) is 2.83. The van der Waals surface area contributed by atoms with Crippen molar-refractivity contribution in [3.05, 3.63) is 50.9 Å². The van der Waals surface area contributed by atoms with Crippen LogP contribution in [-0.2, 0) is 13.0 Å². The summed E-state index contributed by atoms with van der Waals surface area (Å²) in [4.78, 5) is 6.02. The minimum absolute atomic E-state index is 0.138. The van der Waals surface area contributed by atoms with Gasteiger partial charge in [-0.1, -0.05) is 18.5 Å². The molecule has 5 heteroatoms. The van der Waals surface area contributed by atoms with Gasteiger partial charge in [0.1, 0.15) is 5.82 Å². The first-order chi connectivity index (χ1) is 10.1. The van der Waals surface area contributed by atoms with Crippen LogP contribution in [0.25, 0.3) is 11.0 Å². The van der Waals surface area contributed by atoms with E-state index in [9.17, 15) is 0 Å². The van der Waals surface area contributed by atoms with Gasteiger partial charge in [-0.25, -0.2) is 4.98 Å². The van der Waals surface area contributed by atoms with Crippen molar-refractivity contribution in [1.82, 2.24) is 9.55 Å². The Morgan fingerprint density at radius 2 is 2.14 bits per heavy atom. The predicted molar refractivity (Wildman–Crippen MR) is 91.8 cm³/mol. The summed E-state index contributed by atoms with van der Waals surface area (Å²) < 4.78 is 2.18. The molecule has 2 nitrogen and oxygen atoms in total. The fourth-order valence-electron chi connectivity index (χ4n) is 2.55. The lowest BCUT2D eigenvalue weighted by Crippen LogP contribution is -2.06. The lowest BCUT2D eigenvalue weighted by atomic mass is 10.2. The number of benzene rings is 1. The molecule has 0 fully saturated rings. The lowest BCUT2D eigenvalue weighted by molar-refractivity contribution is 0.746. The van der Waals surface area contributed by atoms with Crippen LogP contribution in [0.1, 0.15) is 35.5 Å². The second kappa shape index (κ2) is 5.99. The molecular weight excluding hydrogens is 323 g/mol. The Balaban J connectivity index is 2.15. The van der Waals surface area contributed by atoms with Gasteiger partial charge in [-0.05, 0) is 48.6 Å². The van der Waals surface area contributed by atoms with Gasteiger partial charge in [0.25, 0.3) is 0 Å². The first-order valence-corrected chi connectivity index (χ1v) is 8.64. The highest BCUT2D eigenvalue weighted by Crippen LogP contribution is 2.29. The topological polar surface area (TPSA) is 17.8 Å². The van der Waals surface area contributed by atoms with Crippen LogP contribution in [0.15, 0.2) is 29.6 Å². The number of fused-ring (bicyclic) bond motifs is 1. The summed E-state index contributed by atoms with van der Waals surface area (Å²) in [5, 5.41) is 2.73. The average Bonchev–Trinajstić information content (AvgIpc) is 3.04. The Morgan fingerprint density at radius 3 is 2.86 bits per heavy atom. The number of alkyl halides is 1. The molecule has 1 aromatic carbocycles. The van der Waals surface area contributed by atoms with Gasteiger partial charge in [0.05, 0.1) is 23.0 Å². The van der Waals surface area contributed by atoms with E-state index in [-0.39, 0.29) is 5.38 Å². The number of aromatic nitrogens is 2. The smallest absolute Gasteiger partial charge is 0.128 e. The molecule has 1 unspecified atom stereocenters. The van der Waals surface area contributed by atoms with Crippen LogP contribution >= 0.6 is 34.5 Å². The lowest BCUT2D eigenvalue weighted by Gasteiger charge is -2.11. The van der Waals surface area contributed by atoms with Gasteiger partial charge in [-0.2, -0.15) is 0 Å². The first-order valence-electron chi connectivity index (χ1n) is 6.95. The monoisotopic (exact) mass is 338 g/mol. The largest absolute Gasteiger partial charge is 0.321 e. The summed E-state index contributed by atoms with van der Waals surface area (Å²) in [6.07, 6.45) is 1.04. The second-order valence-corrected chi connectivity index (χ2v) is 7.12. The van der Waals surface area contributed by atoms with Gasteiger partial charge in [0.2, 0.25) is 0 Å². The van der Waals surface area contributed by atoms with Crippen LogP contribution in [0.4, 0.5) is 0 Å². The van der Waals surface area contributed by atoms with Crippen LogP contribution in [0.2, 0.25) is 5.02 Å². The van der Waals surface area contributed by atoms with Crippen LogP contribution in [0.5, 0.6) is 0 Å². The van der Waals surface area contributed by atoms with E-state index in [1.807, 2.05) is 25.1 Å². The Bertz CT molecular complexity index is 774. The summed E-state index contributed by atoms with van der Waals surface area (Å²) in [6, 6.07) is 7.97. The molecule has 0 aliphatic carbocycles. The molecular formula is C16H16Cl2N2S. The molecule has 110 valence electrons. The molecule has 3 aromatic rings. The van der Waals surface area contributed by atoms with Crippen LogP contribution in [0.3, 0.4) is 0 Å². The van der Waals surface area contributed by atoms with Gasteiger partial charge >= 0.3 is 0 Å². The molecule has 0 aliphatic heterocycles. The summed E-state index contributed by atoms with van der Waals surface area (Å²) in [7, 11) is 0. The van der Waals surface area contributed by atoms with Crippen molar-refractivity contribution in [3.8, 4) is 0 Å². The van der Waals surface area contributed by atoms with Gasteiger partial charge in [0.15, 0.2) is 0 Å². The molecule has 2 heterocycles. The van der Waals surface area contributed by atoms with E-state index in [4.69, 9.17) is 23.2 Å². The van der Waals surface area contributed by atoms with Gasteiger partial charge in [0, 0.05) is 9.90 Å². The fourth-order valence-corrected chi connectivity index (χ4v) is 3.85. The second-order valence-electron chi connectivity index (χ2n) is 5.03. The van der Waals surface area contributed by atoms with E-state index < -0.39 is 0 Å². The highest BCUT2D eigenvalue weighted by Gasteiger charge is 2.16. The molecule has 3 rings (SSSR count). The number of imidazole rings is 1. The Kier molecular flexibility index (Phi) is 4.25. The molecule has 0 amide bonds. The van der Waals surface area contributed by atoms with E-state index in [1.54, 1.807) is 11.3 Å². The molecule has 2 aromatic heterocycles. The summed E-state index contributed by atoms with van der Waals surface area (Å²) in [5.41, 5.74) is 3.37. The van der Waals surface area contributed by atoms with E-state index in [0.29, 0.717) is 0 Å². The Labute approximate surface area is 138 Å². The summed E-state index contributed by atoms with van der Waals surface area (Å²) in [6.45, 7) is 4.93. The highest BCUT2D eigenvalue weighted by atomic mass is 35.5. The maximum Gasteiger partial charge on any atom is 0.128 e. The standard InChI is InChI=1S/C16H16Cl2N2S/c1-3-11-6-7-21-15(11)9-20-14-8-12(18)4-5-13(14)19-16(20)10(2)17/h4-8,10H,3,9H2,1-2H3. The first kappa shape index (κ1) is 14.9. The van der Waals surface area contributed by atoms with E-state index in [0.717, 1.165) is 34.8 Å². The van der Waals surface area contributed by atoms with Crippen LogP contribution in [-0.4, -0.2) is 9.55 Å². The summed E-state index contributed by atoms with van der Waals surface area (Å²) in [5.74, 6) is 0.893. The quantitative estimate of drug-likeness (QED) is 0.561. The van der Waals surface area contributed by atoms with E-state index in [2.05, 4.69) is 27.9 Å². The number of hydrogen-bond acceptors (Lipinski definition) is 2. The van der Waals surface area contributed by atoms with Gasteiger partial charge < -0.3 is 4.57 Å². The summed E-state index contributed by atoms with van der Waals surface area (Å²) >= 11 is 14.2. The minimum atomic E-state index is -0.138. The van der Waals surface area contributed by atoms with Crippen LogP contribution in [0, 0.1) is 0 Å². The molecule has 0 saturated heterocycles. The number of aryl methyl sites for hydroxylation is 1. The maximum absolute atomic E-state index is 6.32. The third-order valence-electron chi connectivity index (χ3n) is 3.62. The predicted octanol–water partition coefficient (Wildman–Crippen LogP) is 5.66. The molecule has 0 aliphatic rings.